The number of aliphatic hydroxyl groups is 1. The molecule has 1 saturated carbocycles. The fourth-order valence-corrected chi connectivity index (χ4v) is 3.28. The molecule has 0 unspecified atom stereocenters. The number of carbonyl (C=O) groups is 1. The molecule has 2 atom stereocenters. The van der Waals surface area contributed by atoms with Crippen LogP contribution in [0, 0.1) is 0 Å². The SMILES string of the molecule is O=C(Cc1cn2ccsc2n1)N[C@@H]1CCCC[C@H]1O. The second kappa shape index (κ2) is 5.30. The first-order valence-electron chi connectivity index (χ1n) is 6.61. The maximum atomic E-state index is 12.0. The van der Waals surface area contributed by atoms with Gasteiger partial charge in [0.2, 0.25) is 5.91 Å². The van der Waals surface area contributed by atoms with E-state index in [0.29, 0.717) is 0 Å². The van der Waals surface area contributed by atoms with Crippen molar-refractivity contribution < 1.29 is 9.90 Å². The lowest BCUT2D eigenvalue weighted by molar-refractivity contribution is -0.122. The molecule has 2 N–H and O–H groups in total. The third-order valence-corrected chi connectivity index (χ3v) is 4.33. The Morgan fingerprint density at radius 2 is 2.37 bits per heavy atom. The lowest BCUT2D eigenvalue weighted by Gasteiger charge is -2.28. The average molecular weight is 279 g/mol. The van der Waals surface area contributed by atoms with E-state index in [-0.39, 0.29) is 18.4 Å². The van der Waals surface area contributed by atoms with Crippen LogP contribution in [0.15, 0.2) is 17.8 Å². The van der Waals surface area contributed by atoms with E-state index in [9.17, 15) is 9.90 Å². The van der Waals surface area contributed by atoms with Crippen molar-refractivity contribution >= 4 is 22.2 Å². The predicted octanol–water partition coefficient (Wildman–Crippen LogP) is 1.36. The van der Waals surface area contributed by atoms with Gasteiger partial charge in [-0.3, -0.25) is 9.20 Å². The van der Waals surface area contributed by atoms with Gasteiger partial charge in [0.15, 0.2) is 4.96 Å². The van der Waals surface area contributed by atoms with Gasteiger partial charge in [-0.15, -0.1) is 11.3 Å². The largest absolute Gasteiger partial charge is 0.391 e. The predicted molar refractivity (Wildman–Crippen MR) is 73.2 cm³/mol. The second-order valence-corrected chi connectivity index (χ2v) is 5.90. The number of hydrogen-bond donors (Lipinski definition) is 2. The topological polar surface area (TPSA) is 66.6 Å². The summed E-state index contributed by atoms with van der Waals surface area (Å²) in [6, 6.07) is -0.0926. The van der Waals surface area contributed by atoms with E-state index in [0.717, 1.165) is 36.3 Å². The minimum Gasteiger partial charge on any atom is -0.391 e. The number of fused-ring (bicyclic) bond motifs is 1. The number of imidazole rings is 1. The van der Waals surface area contributed by atoms with Crippen molar-refractivity contribution in [3.63, 3.8) is 0 Å². The quantitative estimate of drug-likeness (QED) is 0.891. The summed E-state index contributed by atoms with van der Waals surface area (Å²) >= 11 is 1.55. The van der Waals surface area contributed by atoms with Crippen LogP contribution in [-0.2, 0) is 11.2 Å². The van der Waals surface area contributed by atoms with Gasteiger partial charge >= 0.3 is 0 Å². The van der Waals surface area contributed by atoms with Crippen molar-refractivity contribution in [2.24, 2.45) is 0 Å². The first-order chi connectivity index (χ1) is 9.22. The summed E-state index contributed by atoms with van der Waals surface area (Å²) in [5, 5.41) is 14.7. The highest BCUT2D eigenvalue weighted by Crippen LogP contribution is 2.18. The van der Waals surface area contributed by atoms with Gasteiger partial charge in [0.25, 0.3) is 0 Å². The van der Waals surface area contributed by atoms with Crippen LogP contribution in [0.5, 0.6) is 0 Å². The van der Waals surface area contributed by atoms with E-state index in [1.54, 1.807) is 11.3 Å². The zero-order valence-corrected chi connectivity index (χ0v) is 11.4. The van der Waals surface area contributed by atoms with Gasteiger partial charge in [0.1, 0.15) is 0 Å². The van der Waals surface area contributed by atoms with Crippen LogP contribution < -0.4 is 5.32 Å². The molecule has 0 aliphatic heterocycles. The van der Waals surface area contributed by atoms with Crippen molar-refractivity contribution in [2.75, 3.05) is 0 Å². The molecule has 0 aromatic carbocycles. The first kappa shape index (κ1) is 12.6. The molecule has 0 radical (unpaired) electrons. The lowest BCUT2D eigenvalue weighted by atomic mass is 9.92. The highest BCUT2D eigenvalue weighted by Gasteiger charge is 2.24. The first-order valence-corrected chi connectivity index (χ1v) is 7.49. The highest BCUT2D eigenvalue weighted by molar-refractivity contribution is 7.15. The molecule has 1 aliphatic carbocycles. The fraction of sp³-hybridized carbons (Fsp3) is 0.538. The van der Waals surface area contributed by atoms with Crippen molar-refractivity contribution in [1.29, 1.82) is 0 Å². The van der Waals surface area contributed by atoms with E-state index >= 15 is 0 Å². The summed E-state index contributed by atoms with van der Waals surface area (Å²) < 4.78 is 1.92. The molecule has 2 aromatic rings. The minimum absolute atomic E-state index is 0.0586. The maximum Gasteiger partial charge on any atom is 0.226 e. The molecule has 2 heterocycles. The standard InChI is InChI=1S/C13H17N3O2S/c17-11-4-2-1-3-10(11)15-12(18)7-9-8-16-5-6-19-13(16)14-9/h5-6,8,10-11,17H,1-4,7H2,(H,15,18)/t10-,11-/m1/s1. The molecule has 1 amide bonds. The monoisotopic (exact) mass is 279 g/mol. The number of carbonyl (C=O) groups excluding carboxylic acids is 1. The van der Waals surface area contributed by atoms with Crippen molar-refractivity contribution in [3.8, 4) is 0 Å². The number of aliphatic hydroxyl groups excluding tert-OH is 1. The number of hydrogen-bond acceptors (Lipinski definition) is 4. The fourth-order valence-electron chi connectivity index (χ4n) is 2.56. The number of aromatic nitrogens is 2. The van der Waals surface area contributed by atoms with Gasteiger partial charge in [-0.1, -0.05) is 12.8 Å². The summed E-state index contributed by atoms with van der Waals surface area (Å²) in [7, 11) is 0. The molecule has 1 fully saturated rings. The summed E-state index contributed by atoms with van der Waals surface area (Å²) in [6.07, 6.45) is 7.45. The van der Waals surface area contributed by atoms with Crippen LogP contribution in [-0.4, -0.2) is 32.5 Å². The van der Waals surface area contributed by atoms with Crippen molar-refractivity contribution in [2.45, 2.75) is 44.2 Å². The van der Waals surface area contributed by atoms with E-state index in [1.807, 2.05) is 22.2 Å². The Hall–Kier alpha value is -1.40. The van der Waals surface area contributed by atoms with Crippen LogP contribution in [0.3, 0.4) is 0 Å². The molecule has 0 spiro atoms. The zero-order chi connectivity index (χ0) is 13.2. The third kappa shape index (κ3) is 2.79. The van der Waals surface area contributed by atoms with Crippen LogP contribution in [0.2, 0.25) is 0 Å². The minimum atomic E-state index is -0.400. The molecule has 0 bridgehead atoms. The number of amides is 1. The van der Waals surface area contributed by atoms with Crippen molar-refractivity contribution in [1.82, 2.24) is 14.7 Å². The molecule has 1 aliphatic rings. The maximum absolute atomic E-state index is 12.0. The Bertz CT molecular complexity index is 549. The number of rotatable bonds is 3. The molecular formula is C13H17N3O2S. The van der Waals surface area contributed by atoms with E-state index < -0.39 is 6.10 Å². The van der Waals surface area contributed by atoms with Crippen LogP contribution >= 0.6 is 11.3 Å². The van der Waals surface area contributed by atoms with Gasteiger partial charge in [-0.25, -0.2) is 4.98 Å². The van der Waals surface area contributed by atoms with E-state index in [1.165, 1.54) is 0 Å². The van der Waals surface area contributed by atoms with E-state index in [4.69, 9.17) is 0 Å². The lowest BCUT2D eigenvalue weighted by Crippen LogP contribution is -2.45. The average Bonchev–Trinajstić information content (AvgIpc) is 2.92. The third-order valence-electron chi connectivity index (χ3n) is 3.56. The second-order valence-electron chi connectivity index (χ2n) is 5.03. The van der Waals surface area contributed by atoms with Gasteiger partial charge in [0, 0.05) is 17.8 Å². The smallest absolute Gasteiger partial charge is 0.226 e. The van der Waals surface area contributed by atoms with Gasteiger partial charge < -0.3 is 10.4 Å². The Morgan fingerprint density at radius 1 is 1.53 bits per heavy atom. The summed E-state index contributed by atoms with van der Waals surface area (Å²) in [5.74, 6) is -0.0586. The van der Waals surface area contributed by atoms with Gasteiger partial charge in [0.05, 0.1) is 24.3 Å². The highest BCUT2D eigenvalue weighted by atomic mass is 32.1. The van der Waals surface area contributed by atoms with Crippen LogP contribution in [0.25, 0.3) is 4.96 Å². The van der Waals surface area contributed by atoms with Gasteiger partial charge in [-0.05, 0) is 12.8 Å². The zero-order valence-electron chi connectivity index (χ0n) is 10.6. The number of nitrogens with one attached hydrogen (secondary N) is 1. The molecule has 19 heavy (non-hydrogen) atoms. The molecule has 6 heteroatoms. The van der Waals surface area contributed by atoms with Crippen LogP contribution in [0.1, 0.15) is 31.4 Å². The van der Waals surface area contributed by atoms with Crippen molar-refractivity contribution in [3.05, 3.63) is 23.5 Å². The van der Waals surface area contributed by atoms with Crippen LogP contribution in [0.4, 0.5) is 0 Å². The van der Waals surface area contributed by atoms with E-state index in [2.05, 4.69) is 10.3 Å². The Morgan fingerprint density at radius 3 is 3.16 bits per heavy atom. The summed E-state index contributed by atoms with van der Waals surface area (Å²) in [5.41, 5.74) is 0.773. The normalized spacial score (nSPS) is 23.6. The Kier molecular flexibility index (Phi) is 3.52. The molecule has 0 saturated heterocycles. The molecule has 3 rings (SSSR count). The number of thiazole rings is 1. The molecule has 102 valence electrons. The summed E-state index contributed by atoms with van der Waals surface area (Å²) in [4.78, 5) is 17.2. The number of nitrogens with zero attached hydrogens (tertiary/aromatic N) is 2. The Balaban J connectivity index is 1.60. The molecule has 5 nitrogen and oxygen atoms in total. The summed E-state index contributed by atoms with van der Waals surface area (Å²) in [6.45, 7) is 0. The van der Waals surface area contributed by atoms with Gasteiger partial charge in [-0.2, -0.15) is 0 Å². The Labute approximate surface area is 115 Å². The molecule has 2 aromatic heterocycles. The molecular weight excluding hydrogens is 262 g/mol.